The summed E-state index contributed by atoms with van der Waals surface area (Å²) in [4.78, 5) is 4.22. The van der Waals surface area contributed by atoms with Crippen LogP contribution in [0.1, 0.15) is 24.8 Å². The number of aliphatic imine (C=N–C) groups is 1. The molecule has 128 valence electrons. The van der Waals surface area contributed by atoms with Gasteiger partial charge in [-0.1, -0.05) is 30.3 Å². The fourth-order valence-corrected chi connectivity index (χ4v) is 2.55. The van der Waals surface area contributed by atoms with E-state index in [1.807, 2.05) is 6.07 Å². The van der Waals surface area contributed by atoms with Crippen molar-refractivity contribution in [2.75, 3.05) is 40.0 Å². The van der Waals surface area contributed by atoms with Crippen molar-refractivity contribution in [1.29, 1.82) is 0 Å². The lowest BCUT2D eigenvalue weighted by Gasteiger charge is -2.15. The van der Waals surface area contributed by atoms with Gasteiger partial charge in [-0.25, -0.2) is 0 Å². The van der Waals surface area contributed by atoms with E-state index < -0.39 is 0 Å². The molecule has 5 heteroatoms. The minimum atomic E-state index is 0.329. The van der Waals surface area contributed by atoms with E-state index in [9.17, 15) is 0 Å². The predicted molar refractivity (Wildman–Crippen MR) is 93.9 cm³/mol. The van der Waals surface area contributed by atoms with Crippen LogP contribution in [0.2, 0.25) is 0 Å². The average molecular weight is 319 g/mol. The lowest BCUT2D eigenvalue weighted by atomic mass is 10.2. The summed E-state index contributed by atoms with van der Waals surface area (Å²) < 4.78 is 11.3. The molecule has 1 unspecified atom stereocenters. The lowest BCUT2D eigenvalue weighted by Crippen LogP contribution is -2.41. The first-order valence-electron chi connectivity index (χ1n) is 8.56. The third kappa shape index (κ3) is 7.48. The topological polar surface area (TPSA) is 54.9 Å². The maximum atomic E-state index is 5.67. The second-order valence-corrected chi connectivity index (χ2v) is 5.72. The smallest absolute Gasteiger partial charge is 0.191 e. The van der Waals surface area contributed by atoms with E-state index in [0.29, 0.717) is 6.10 Å². The average Bonchev–Trinajstić information content (AvgIpc) is 3.11. The van der Waals surface area contributed by atoms with Gasteiger partial charge in [0.2, 0.25) is 0 Å². The highest BCUT2D eigenvalue weighted by Crippen LogP contribution is 2.10. The molecule has 2 rings (SSSR count). The predicted octanol–water partition coefficient (Wildman–Crippen LogP) is 1.98. The van der Waals surface area contributed by atoms with Crippen molar-refractivity contribution in [2.45, 2.75) is 31.8 Å². The molecule has 0 radical (unpaired) electrons. The van der Waals surface area contributed by atoms with E-state index in [0.717, 1.165) is 58.1 Å². The second-order valence-electron chi connectivity index (χ2n) is 5.72. The molecule has 23 heavy (non-hydrogen) atoms. The van der Waals surface area contributed by atoms with E-state index in [1.54, 1.807) is 7.05 Å². The van der Waals surface area contributed by atoms with Gasteiger partial charge in [-0.2, -0.15) is 0 Å². The van der Waals surface area contributed by atoms with Crippen molar-refractivity contribution in [2.24, 2.45) is 4.99 Å². The summed E-state index contributed by atoms with van der Waals surface area (Å²) in [5.74, 6) is 0.838. The first kappa shape index (κ1) is 17.8. The molecule has 5 nitrogen and oxygen atoms in total. The monoisotopic (exact) mass is 319 g/mol. The molecule has 2 N–H and O–H groups in total. The summed E-state index contributed by atoms with van der Waals surface area (Å²) in [7, 11) is 1.79. The van der Waals surface area contributed by atoms with Crippen LogP contribution in [0.15, 0.2) is 35.3 Å². The molecule has 1 aliphatic rings. The molecular formula is C18H29N3O2. The minimum absolute atomic E-state index is 0.329. The molecule has 1 heterocycles. The Morgan fingerprint density at radius 2 is 2.13 bits per heavy atom. The molecule has 0 aromatic heterocycles. The van der Waals surface area contributed by atoms with E-state index in [2.05, 4.69) is 39.9 Å². The van der Waals surface area contributed by atoms with Crippen LogP contribution >= 0.6 is 0 Å². The van der Waals surface area contributed by atoms with Gasteiger partial charge in [-0.15, -0.1) is 0 Å². The molecule has 1 aromatic carbocycles. The number of ether oxygens (including phenoxy) is 2. The molecule has 0 saturated carbocycles. The van der Waals surface area contributed by atoms with Gasteiger partial charge in [0.05, 0.1) is 12.7 Å². The van der Waals surface area contributed by atoms with Crippen molar-refractivity contribution in [3.05, 3.63) is 35.9 Å². The van der Waals surface area contributed by atoms with Crippen molar-refractivity contribution in [3.63, 3.8) is 0 Å². The number of hydrogen-bond donors (Lipinski definition) is 2. The van der Waals surface area contributed by atoms with Gasteiger partial charge in [-0.05, 0) is 31.2 Å². The number of guanidine groups is 1. The van der Waals surface area contributed by atoms with Gasteiger partial charge >= 0.3 is 0 Å². The highest BCUT2D eigenvalue weighted by molar-refractivity contribution is 5.79. The standard InChI is InChI=1S/C18H29N3O2/c1-19-18(21-15-17-9-5-13-23-17)20-11-6-12-22-14-10-16-7-3-2-4-8-16/h2-4,7-8,17H,5-6,9-15H2,1H3,(H2,19,20,21). The number of rotatable bonds is 9. The molecule has 0 amide bonds. The van der Waals surface area contributed by atoms with Crippen LogP contribution in [0.5, 0.6) is 0 Å². The maximum Gasteiger partial charge on any atom is 0.191 e. The number of nitrogens with one attached hydrogen (secondary N) is 2. The van der Waals surface area contributed by atoms with Crippen molar-refractivity contribution in [3.8, 4) is 0 Å². The summed E-state index contributed by atoms with van der Waals surface area (Å²) in [5, 5.41) is 6.61. The zero-order valence-electron chi connectivity index (χ0n) is 14.1. The first-order valence-corrected chi connectivity index (χ1v) is 8.56. The summed E-state index contributed by atoms with van der Waals surface area (Å²) in [6.45, 7) is 4.11. The molecule has 1 aliphatic heterocycles. The molecule has 1 atom stereocenters. The number of hydrogen-bond acceptors (Lipinski definition) is 3. The van der Waals surface area contributed by atoms with Crippen LogP contribution in [0.25, 0.3) is 0 Å². The van der Waals surface area contributed by atoms with Gasteiger partial charge < -0.3 is 20.1 Å². The third-order valence-corrected chi connectivity index (χ3v) is 3.88. The minimum Gasteiger partial charge on any atom is -0.381 e. The Kier molecular flexibility index (Phi) is 8.51. The fraction of sp³-hybridized carbons (Fsp3) is 0.611. The Hall–Kier alpha value is -1.59. The lowest BCUT2D eigenvalue weighted by molar-refractivity contribution is 0.113. The molecule has 0 spiro atoms. The van der Waals surface area contributed by atoms with E-state index in [1.165, 1.54) is 12.0 Å². The first-order chi connectivity index (χ1) is 11.4. The van der Waals surface area contributed by atoms with Gasteiger partial charge in [0.15, 0.2) is 5.96 Å². The molecular weight excluding hydrogens is 290 g/mol. The molecule has 0 bridgehead atoms. The number of benzene rings is 1. The highest BCUT2D eigenvalue weighted by atomic mass is 16.5. The Morgan fingerprint density at radius 3 is 2.87 bits per heavy atom. The van der Waals surface area contributed by atoms with Crippen molar-refractivity contribution >= 4 is 5.96 Å². The van der Waals surface area contributed by atoms with E-state index in [4.69, 9.17) is 9.47 Å². The van der Waals surface area contributed by atoms with Crippen LogP contribution in [0.3, 0.4) is 0 Å². The van der Waals surface area contributed by atoms with Crippen LogP contribution in [-0.4, -0.2) is 52.0 Å². The Labute approximate surface area is 139 Å². The normalized spacial score (nSPS) is 18.1. The van der Waals surface area contributed by atoms with Gasteiger partial charge in [0.1, 0.15) is 0 Å². The SMILES string of the molecule is CN=C(NCCCOCCc1ccccc1)NCC1CCCO1. The molecule has 1 fully saturated rings. The largest absolute Gasteiger partial charge is 0.381 e. The summed E-state index contributed by atoms with van der Waals surface area (Å²) in [6, 6.07) is 10.4. The van der Waals surface area contributed by atoms with Crippen LogP contribution < -0.4 is 10.6 Å². The molecule has 1 aromatic rings. The third-order valence-electron chi connectivity index (χ3n) is 3.88. The van der Waals surface area contributed by atoms with Crippen LogP contribution in [0, 0.1) is 0 Å². The summed E-state index contributed by atoms with van der Waals surface area (Å²) >= 11 is 0. The maximum absolute atomic E-state index is 5.67. The quantitative estimate of drug-likeness (QED) is 0.415. The summed E-state index contributed by atoms with van der Waals surface area (Å²) in [6.07, 6.45) is 4.57. The highest BCUT2D eigenvalue weighted by Gasteiger charge is 2.15. The second kappa shape index (κ2) is 11.0. The molecule has 1 saturated heterocycles. The van der Waals surface area contributed by atoms with E-state index >= 15 is 0 Å². The fourth-order valence-electron chi connectivity index (χ4n) is 2.55. The summed E-state index contributed by atoms with van der Waals surface area (Å²) in [5.41, 5.74) is 1.32. The van der Waals surface area contributed by atoms with Gasteiger partial charge in [0.25, 0.3) is 0 Å². The van der Waals surface area contributed by atoms with Crippen molar-refractivity contribution in [1.82, 2.24) is 10.6 Å². The van der Waals surface area contributed by atoms with Crippen LogP contribution in [-0.2, 0) is 15.9 Å². The zero-order valence-corrected chi connectivity index (χ0v) is 14.1. The van der Waals surface area contributed by atoms with Crippen LogP contribution in [0.4, 0.5) is 0 Å². The zero-order chi connectivity index (χ0) is 16.2. The van der Waals surface area contributed by atoms with E-state index in [-0.39, 0.29) is 0 Å². The Balaban J connectivity index is 1.45. The van der Waals surface area contributed by atoms with Gasteiger partial charge in [0, 0.05) is 33.4 Å². The number of nitrogens with zero attached hydrogens (tertiary/aromatic N) is 1. The Morgan fingerprint density at radius 1 is 1.26 bits per heavy atom. The Bertz CT molecular complexity index is 445. The van der Waals surface area contributed by atoms with Gasteiger partial charge in [-0.3, -0.25) is 4.99 Å². The van der Waals surface area contributed by atoms with Crippen molar-refractivity contribution < 1.29 is 9.47 Å². The molecule has 0 aliphatic carbocycles.